The monoisotopic (exact) mass is 474 g/mol. The highest BCUT2D eigenvalue weighted by molar-refractivity contribution is 8.00. The highest BCUT2D eigenvalue weighted by Gasteiger charge is 2.32. The Balaban J connectivity index is 1.38. The van der Waals surface area contributed by atoms with Gasteiger partial charge in [0.2, 0.25) is 5.91 Å². The van der Waals surface area contributed by atoms with E-state index in [4.69, 9.17) is 4.74 Å². The summed E-state index contributed by atoms with van der Waals surface area (Å²) in [7, 11) is 0. The fourth-order valence-corrected chi connectivity index (χ4v) is 4.99. The van der Waals surface area contributed by atoms with Crippen LogP contribution in [-0.4, -0.2) is 41.6 Å². The van der Waals surface area contributed by atoms with Gasteiger partial charge in [0.25, 0.3) is 5.91 Å². The fourth-order valence-electron chi connectivity index (χ4n) is 3.77. The molecule has 1 aliphatic heterocycles. The van der Waals surface area contributed by atoms with E-state index in [2.05, 4.69) is 17.4 Å². The third kappa shape index (κ3) is 5.66. The molecule has 0 radical (unpaired) electrons. The van der Waals surface area contributed by atoms with Crippen molar-refractivity contribution in [1.82, 2.24) is 4.90 Å². The Hall–Kier alpha value is -3.58. The van der Waals surface area contributed by atoms with E-state index in [0.29, 0.717) is 35.7 Å². The zero-order chi connectivity index (χ0) is 23.9. The normalized spacial score (nSPS) is 15.3. The van der Waals surface area contributed by atoms with Crippen LogP contribution in [0.25, 0.3) is 0 Å². The number of amides is 2. The highest BCUT2D eigenvalue weighted by Crippen LogP contribution is 2.38. The first kappa shape index (κ1) is 23.6. The fraction of sp³-hybridized carbons (Fsp3) is 0.222. The average molecular weight is 475 g/mol. The summed E-state index contributed by atoms with van der Waals surface area (Å²) in [6.45, 7) is 2.72. The molecule has 1 atom stereocenters. The third-order valence-corrected chi connectivity index (χ3v) is 6.82. The van der Waals surface area contributed by atoms with Gasteiger partial charge in [-0.25, -0.2) is 4.79 Å². The third-order valence-electron chi connectivity index (χ3n) is 5.56. The van der Waals surface area contributed by atoms with Gasteiger partial charge in [-0.05, 0) is 60.9 Å². The van der Waals surface area contributed by atoms with E-state index in [1.807, 2.05) is 35.2 Å². The van der Waals surface area contributed by atoms with Crippen LogP contribution in [0.15, 0.2) is 78.9 Å². The SMILES string of the molecule is CCOC(=O)c1ccc(NC(=O)c2ccc([C@H]3SCC(=O)N3CCc3ccccc3)cc2)cc1. The van der Waals surface area contributed by atoms with Crippen LogP contribution < -0.4 is 5.32 Å². The molecule has 3 aromatic carbocycles. The maximum atomic E-state index is 12.7. The van der Waals surface area contributed by atoms with Gasteiger partial charge >= 0.3 is 5.97 Å². The number of nitrogens with zero attached hydrogens (tertiary/aromatic N) is 1. The molecule has 34 heavy (non-hydrogen) atoms. The number of carbonyl (C=O) groups excluding carboxylic acids is 3. The van der Waals surface area contributed by atoms with E-state index in [0.717, 1.165) is 12.0 Å². The summed E-state index contributed by atoms with van der Waals surface area (Å²) in [6, 6.07) is 24.1. The summed E-state index contributed by atoms with van der Waals surface area (Å²) in [6.07, 6.45) is 0.805. The zero-order valence-corrected chi connectivity index (χ0v) is 19.7. The summed E-state index contributed by atoms with van der Waals surface area (Å²) >= 11 is 1.61. The molecule has 4 rings (SSSR count). The summed E-state index contributed by atoms with van der Waals surface area (Å²) in [5, 5.41) is 2.79. The van der Waals surface area contributed by atoms with Crippen LogP contribution in [0, 0.1) is 0 Å². The van der Waals surface area contributed by atoms with Gasteiger partial charge in [0.15, 0.2) is 0 Å². The second-order valence-corrected chi connectivity index (χ2v) is 8.93. The van der Waals surface area contributed by atoms with Gasteiger partial charge in [-0.1, -0.05) is 42.5 Å². The summed E-state index contributed by atoms with van der Waals surface area (Å²) in [5.74, 6) is -0.0358. The lowest BCUT2D eigenvalue weighted by molar-refractivity contribution is -0.128. The molecule has 7 heteroatoms. The van der Waals surface area contributed by atoms with Gasteiger partial charge in [-0.15, -0.1) is 11.8 Å². The first-order valence-corrected chi connectivity index (χ1v) is 12.2. The van der Waals surface area contributed by atoms with Crippen LogP contribution in [-0.2, 0) is 16.0 Å². The van der Waals surface area contributed by atoms with Gasteiger partial charge < -0.3 is 15.0 Å². The quantitative estimate of drug-likeness (QED) is 0.469. The van der Waals surface area contributed by atoms with Gasteiger partial charge in [0.05, 0.1) is 17.9 Å². The van der Waals surface area contributed by atoms with Gasteiger partial charge in [0, 0.05) is 17.8 Å². The smallest absolute Gasteiger partial charge is 0.338 e. The lowest BCUT2D eigenvalue weighted by Gasteiger charge is -2.24. The van der Waals surface area contributed by atoms with Gasteiger partial charge in [-0.3, -0.25) is 9.59 Å². The van der Waals surface area contributed by atoms with Crippen LogP contribution in [0.4, 0.5) is 5.69 Å². The first-order valence-electron chi connectivity index (χ1n) is 11.2. The van der Waals surface area contributed by atoms with E-state index in [1.165, 1.54) is 5.56 Å². The number of hydrogen-bond donors (Lipinski definition) is 1. The van der Waals surface area contributed by atoms with Gasteiger partial charge in [-0.2, -0.15) is 0 Å². The standard InChI is InChI=1S/C27H26N2O4S/c1-2-33-27(32)22-12-14-23(15-13-22)28-25(31)20-8-10-21(11-9-20)26-29(24(30)18-34-26)17-16-19-6-4-3-5-7-19/h3-15,26H,2,16-18H2,1H3,(H,28,31)/t26-/m1/s1. The molecule has 0 aliphatic carbocycles. The van der Waals surface area contributed by atoms with E-state index in [1.54, 1.807) is 55.1 Å². The van der Waals surface area contributed by atoms with E-state index in [-0.39, 0.29) is 17.2 Å². The summed E-state index contributed by atoms with van der Waals surface area (Å²) < 4.78 is 4.97. The largest absolute Gasteiger partial charge is 0.462 e. The number of esters is 1. The number of rotatable bonds is 8. The molecule has 174 valence electrons. The topological polar surface area (TPSA) is 75.7 Å². The van der Waals surface area contributed by atoms with Crippen molar-refractivity contribution in [3.8, 4) is 0 Å². The lowest BCUT2D eigenvalue weighted by Crippen LogP contribution is -2.30. The Kier molecular flexibility index (Phi) is 7.65. The first-order chi connectivity index (χ1) is 16.5. The van der Waals surface area contributed by atoms with Crippen molar-refractivity contribution in [2.75, 3.05) is 24.2 Å². The summed E-state index contributed by atoms with van der Waals surface area (Å²) in [5.41, 5.74) is 3.74. The molecule has 0 spiro atoms. The molecule has 1 N–H and O–H groups in total. The second kappa shape index (κ2) is 11.0. The number of hydrogen-bond acceptors (Lipinski definition) is 5. The van der Waals surface area contributed by atoms with Crippen LogP contribution in [0.3, 0.4) is 0 Å². The molecule has 1 heterocycles. The molecular weight excluding hydrogens is 448 g/mol. The highest BCUT2D eigenvalue weighted by atomic mass is 32.2. The van der Waals surface area contributed by atoms with Crippen molar-refractivity contribution < 1.29 is 19.1 Å². The molecule has 2 amide bonds. The minimum atomic E-state index is -0.392. The number of nitrogens with one attached hydrogen (secondary N) is 1. The second-order valence-electron chi connectivity index (χ2n) is 7.86. The predicted octanol–water partition coefficient (Wildman–Crippen LogP) is 4.93. The number of anilines is 1. The Labute approximate surface area is 203 Å². The van der Waals surface area contributed by atoms with Gasteiger partial charge in [0.1, 0.15) is 5.37 Å². The number of thioether (sulfide) groups is 1. The Morgan fingerprint density at radius 3 is 2.32 bits per heavy atom. The van der Waals surface area contributed by atoms with Crippen LogP contribution >= 0.6 is 11.8 Å². The van der Waals surface area contributed by atoms with Crippen molar-refractivity contribution in [1.29, 1.82) is 0 Å². The van der Waals surface area contributed by atoms with E-state index >= 15 is 0 Å². The Morgan fingerprint density at radius 1 is 0.971 bits per heavy atom. The van der Waals surface area contributed by atoms with E-state index < -0.39 is 5.97 Å². The molecule has 0 bridgehead atoms. The molecule has 1 aliphatic rings. The number of benzene rings is 3. The number of carbonyl (C=O) groups is 3. The van der Waals surface area contributed by atoms with Crippen molar-refractivity contribution >= 4 is 35.2 Å². The molecule has 0 unspecified atom stereocenters. The minimum Gasteiger partial charge on any atom is -0.462 e. The van der Waals surface area contributed by atoms with Crippen molar-refractivity contribution in [2.24, 2.45) is 0 Å². The Morgan fingerprint density at radius 2 is 1.65 bits per heavy atom. The van der Waals surface area contributed by atoms with Crippen molar-refractivity contribution in [3.63, 3.8) is 0 Å². The molecule has 1 saturated heterocycles. The molecule has 1 fully saturated rings. The van der Waals surface area contributed by atoms with Crippen LogP contribution in [0.5, 0.6) is 0 Å². The van der Waals surface area contributed by atoms with Crippen molar-refractivity contribution in [2.45, 2.75) is 18.7 Å². The molecule has 6 nitrogen and oxygen atoms in total. The maximum Gasteiger partial charge on any atom is 0.338 e. The van der Waals surface area contributed by atoms with E-state index in [9.17, 15) is 14.4 Å². The molecule has 0 saturated carbocycles. The Bertz CT molecular complexity index is 1150. The van der Waals surface area contributed by atoms with Crippen LogP contribution in [0.1, 0.15) is 44.1 Å². The lowest BCUT2D eigenvalue weighted by atomic mass is 10.1. The minimum absolute atomic E-state index is 0.0521. The van der Waals surface area contributed by atoms with Crippen molar-refractivity contribution in [3.05, 3.63) is 101 Å². The average Bonchev–Trinajstić information content (AvgIpc) is 3.24. The number of ether oxygens (including phenoxy) is 1. The maximum absolute atomic E-state index is 12.7. The van der Waals surface area contributed by atoms with Crippen LogP contribution in [0.2, 0.25) is 0 Å². The molecule has 0 aromatic heterocycles. The molecule has 3 aromatic rings. The summed E-state index contributed by atoms with van der Waals surface area (Å²) in [4.78, 5) is 38.8. The molecular formula is C27H26N2O4S. The zero-order valence-electron chi connectivity index (χ0n) is 18.9. The predicted molar refractivity (Wildman–Crippen MR) is 134 cm³/mol.